The Kier molecular flexibility index (Phi) is 4.83. The minimum Gasteiger partial charge on any atom is -0.481 e. The molecule has 0 unspecified atom stereocenters. The average Bonchev–Trinajstić information content (AvgIpc) is 2.35. The van der Waals surface area contributed by atoms with Gasteiger partial charge >= 0.3 is 0 Å². The maximum atomic E-state index is 13.4. The summed E-state index contributed by atoms with van der Waals surface area (Å²) >= 11 is 0. The SMILES string of the molecule is CC(C)N(C)C(=O)COc1ccc(C=O)cc1F. The van der Waals surface area contributed by atoms with Crippen molar-refractivity contribution in [3.8, 4) is 5.75 Å². The predicted octanol–water partition coefficient (Wildman–Crippen LogP) is 1.88. The molecule has 1 rings (SSSR count). The Morgan fingerprint density at radius 3 is 2.67 bits per heavy atom. The molecule has 0 aliphatic heterocycles. The zero-order chi connectivity index (χ0) is 13.7. The molecule has 0 radical (unpaired) electrons. The van der Waals surface area contributed by atoms with Crippen LogP contribution in [0.1, 0.15) is 24.2 Å². The van der Waals surface area contributed by atoms with Crippen molar-refractivity contribution in [1.29, 1.82) is 0 Å². The maximum Gasteiger partial charge on any atom is 0.260 e. The summed E-state index contributed by atoms with van der Waals surface area (Å²) in [5.41, 5.74) is 0.227. The van der Waals surface area contributed by atoms with E-state index in [1.54, 1.807) is 7.05 Å². The second-order valence-corrected chi connectivity index (χ2v) is 4.19. The molecular weight excluding hydrogens is 237 g/mol. The highest BCUT2D eigenvalue weighted by atomic mass is 19.1. The van der Waals surface area contributed by atoms with E-state index in [1.807, 2.05) is 13.8 Å². The van der Waals surface area contributed by atoms with Crippen LogP contribution >= 0.6 is 0 Å². The highest BCUT2D eigenvalue weighted by molar-refractivity contribution is 5.78. The lowest BCUT2D eigenvalue weighted by Crippen LogP contribution is -2.36. The predicted molar refractivity (Wildman–Crippen MR) is 65.2 cm³/mol. The fourth-order valence-electron chi connectivity index (χ4n) is 1.24. The monoisotopic (exact) mass is 253 g/mol. The number of ether oxygens (including phenoxy) is 1. The number of likely N-dealkylation sites (N-methyl/N-ethyl adjacent to an activating group) is 1. The van der Waals surface area contributed by atoms with Gasteiger partial charge < -0.3 is 9.64 Å². The number of hydrogen-bond acceptors (Lipinski definition) is 3. The minimum absolute atomic E-state index is 0.0360. The first-order valence-corrected chi connectivity index (χ1v) is 5.59. The van der Waals surface area contributed by atoms with Gasteiger partial charge in [-0.1, -0.05) is 0 Å². The summed E-state index contributed by atoms with van der Waals surface area (Å²) in [6.07, 6.45) is 0.546. The van der Waals surface area contributed by atoms with Crippen LogP contribution < -0.4 is 4.74 Å². The molecule has 0 N–H and O–H groups in total. The molecule has 5 heteroatoms. The summed E-state index contributed by atoms with van der Waals surface area (Å²) < 4.78 is 18.5. The lowest BCUT2D eigenvalue weighted by molar-refractivity contribution is -0.133. The van der Waals surface area contributed by atoms with Gasteiger partial charge in [-0.15, -0.1) is 0 Å². The molecule has 0 fully saturated rings. The third-order valence-corrected chi connectivity index (χ3v) is 2.61. The third-order valence-electron chi connectivity index (χ3n) is 2.61. The summed E-state index contributed by atoms with van der Waals surface area (Å²) in [7, 11) is 1.65. The van der Waals surface area contributed by atoms with Crippen LogP contribution in [0.4, 0.5) is 4.39 Å². The van der Waals surface area contributed by atoms with Gasteiger partial charge in [0, 0.05) is 18.7 Å². The van der Waals surface area contributed by atoms with E-state index >= 15 is 0 Å². The zero-order valence-corrected chi connectivity index (χ0v) is 10.6. The summed E-state index contributed by atoms with van der Waals surface area (Å²) in [6.45, 7) is 3.51. The third kappa shape index (κ3) is 3.55. The van der Waals surface area contributed by atoms with Crippen molar-refractivity contribution in [2.75, 3.05) is 13.7 Å². The average molecular weight is 253 g/mol. The standard InChI is InChI=1S/C13H16FNO3/c1-9(2)15(3)13(17)8-18-12-5-4-10(7-16)6-11(12)14/h4-7,9H,8H2,1-3H3. The van der Waals surface area contributed by atoms with Crippen LogP contribution in [0.2, 0.25) is 0 Å². The molecule has 0 saturated carbocycles. The van der Waals surface area contributed by atoms with E-state index in [0.717, 1.165) is 6.07 Å². The van der Waals surface area contributed by atoms with Gasteiger partial charge in [-0.25, -0.2) is 4.39 Å². The van der Waals surface area contributed by atoms with E-state index in [4.69, 9.17) is 4.74 Å². The van der Waals surface area contributed by atoms with Crippen LogP contribution in [0, 0.1) is 5.82 Å². The molecule has 0 aliphatic rings. The highest BCUT2D eigenvalue weighted by Gasteiger charge is 2.13. The smallest absolute Gasteiger partial charge is 0.260 e. The molecule has 0 heterocycles. The van der Waals surface area contributed by atoms with E-state index in [0.29, 0.717) is 6.29 Å². The normalized spacial score (nSPS) is 10.3. The highest BCUT2D eigenvalue weighted by Crippen LogP contribution is 2.17. The molecule has 0 bridgehead atoms. The van der Waals surface area contributed by atoms with Crippen molar-refractivity contribution in [1.82, 2.24) is 4.90 Å². The Hall–Kier alpha value is -1.91. The number of nitrogens with zero attached hydrogens (tertiary/aromatic N) is 1. The molecule has 1 aromatic rings. The Balaban J connectivity index is 2.64. The second kappa shape index (κ2) is 6.14. The lowest BCUT2D eigenvalue weighted by atomic mass is 10.2. The molecule has 0 aliphatic carbocycles. The van der Waals surface area contributed by atoms with Crippen molar-refractivity contribution in [2.24, 2.45) is 0 Å². The van der Waals surface area contributed by atoms with Gasteiger partial charge in [0.1, 0.15) is 6.29 Å². The Bertz CT molecular complexity index is 446. The Labute approximate surface area is 105 Å². The molecule has 18 heavy (non-hydrogen) atoms. The number of halogens is 1. The van der Waals surface area contributed by atoms with Crippen LogP contribution in [-0.2, 0) is 4.79 Å². The summed E-state index contributed by atoms with van der Waals surface area (Å²) in [4.78, 5) is 23.6. The molecule has 98 valence electrons. The Morgan fingerprint density at radius 2 is 2.17 bits per heavy atom. The molecular formula is C13H16FNO3. The molecule has 1 amide bonds. The van der Waals surface area contributed by atoms with E-state index in [-0.39, 0.29) is 29.9 Å². The fourth-order valence-corrected chi connectivity index (χ4v) is 1.24. The van der Waals surface area contributed by atoms with Crippen LogP contribution in [0.25, 0.3) is 0 Å². The number of carbonyl (C=O) groups is 2. The van der Waals surface area contributed by atoms with Crippen molar-refractivity contribution < 1.29 is 18.7 Å². The van der Waals surface area contributed by atoms with Gasteiger partial charge in [-0.05, 0) is 32.0 Å². The first kappa shape index (κ1) is 14.2. The largest absolute Gasteiger partial charge is 0.481 e. The molecule has 4 nitrogen and oxygen atoms in total. The summed E-state index contributed by atoms with van der Waals surface area (Å²) in [5, 5.41) is 0. The first-order valence-electron chi connectivity index (χ1n) is 5.59. The molecule has 1 aromatic carbocycles. The number of rotatable bonds is 5. The van der Waals surface area contributed by atoms with Gasteiger partial charge in [0.05, 0.1) is 0 Å². The van der Waals surface area contributed by atoms with Crippen molar-refractivity contribution in [3.05, 3.63) is 29.6 Å². The van der Waals surface area contributed by atoms with Gasteiger partial charge in [-0.2, -0.15) is 0 Å². The second-order valence-electron chi connectivity index (χ2n) is 4.19. The van der Waals surface area contributed by atoms with Gasteiger partial charge in [0.2, 0.25) is 0 Å². The minimum atomic E-state index is -0.653. The lowest BCUT2D eigenvalue weighted by Gasteiger charge is -2.21. The van der Waals surface area contributed by atoms with Crippen LogP contribution in [0.5, 0.6) is 5.75 Å². The number of benzene rings is 1. The van der Waals surface area contributed by atoms with Crippen molar-refractivity contribution in [2.45, 2.75) is 19.9 Å². The van der Waals surface area contributed by atoms with Crippen LogP contribution in [0.15, 0.2) is 18.2 Å². The van der Waals surface area contributed by atoms with E-state index in [9.17, 15) is 14.0 Å². The number of carbonyl (C=O) groups excluding carboxylic acids is 2. The number of hydrogen-bond donors (Lipinski definition) is 0. The van der Waals surface area contributed by atoms with Crippen LogP contribution in [0.3, 0.4) is 0 Å². The van der Waals surface area contributed by atoms with Crippen molar-refractivity contribution in [3.63, 3.8) is 0 Å². The Morgan fingerprint density at radius 1 is 1.50 bits per heavy atom. The molecule has 0 saturated heterocycles. The molecule has 0 aromatic heterocycles. The molecule has 0 spiro atoms. The fraction of sp³-hybridized carbons (Fsp3) is 0.385. The zero-order valence-electron chi connectivity index (χ0n) is 10.6. The quantitative estimate of drug-likeness (QED) is 0.753. The van der Waals surface area contributed by atoms with Gasteiger partial charge in [-0.3, -0.25) is 9.59 Å². The van der Waals surface area contributed by atoms with E-state index in [1.165, 1.54) is 17.0 Å². The summed E-state index contributed by atoms with van der Waals surface area (Å²) in [5.74, 6) is -0.922. The summed E-state index contributed by atoms with van der Waals surface area (Å²) in [6, 6.07) is 3.89. The van der Waals surface area contributed by atoms with E-state index in [2.05, 4.69) is 0 Å². The molecule has 0 atom stereocenters. The van der Waals surface area contributed by atoms with E-state index < -0.39 is 5.82 Å². The maximum absolute atomic E-state index is 13.4. The van der Waals surface area contributed by atoms with Gasteiger partial charge in [0.15, 0.2) is 18.2 Å². The van der Waals surface area contributed by atoms with Crippen molar-refractivity contribution >= 4 is 12.2 Å². The van der Waals surface area contributed by atoms with Crippen LogP contribution in [-0.4, -0.2) is 36.8 Å². The topological polar surface area (TPSA) is 46.6 Å². The first-order chi connectivity index (χ1) is 8.45. The van der Waals surface area contributed by atoms with Gasteiger partial charge in [0.25, 0.3) is 5.91 Å². The number of aldehydes is 1. The number of amides is 1.